The fourth-order valence-corrected chi connectivity index (χ4v) is 3.33. The van der Waals surface area contributed by atoms with Gasteiger partial charge in [-0.05, 0) is 29.7 Å². The van der Waals surface area contributed by atoms with Gasteiger partial charge >= 0.3 is 0 Å². The van der Waals surface area contributed by atoms with Crippen LogP contribution < -0.4 is 10.9 Å². The van der Waals surface area contributed by atoms with Gasteiger partial charge in [0.25, 0.3) is 11.5 Å². The van der Waals surface area contributed by atoms with Crippen LogP contribution in [0.1, 0.15) is 22.1 Å². The monoisotopic (exact) mass is 349 g/mol. The number of methoxy groups -OCH3 is 1. The number of carbonyl (C=O) groups is 1. The van der Waals surface area contributed by atoms with Crippen molar-refractivity contribution >= 4 is 22.5 Å². The Kier molecular flexibility index (Phi) is 4.18. The van der Waals surface area contributed by atoms with E-state index in [9.17, 15) is 9.59 Å². The summed E-state index contributed by atoms with van der Waals surface area (Å²) in [7, 11) is 1.59. The van der Waals surface area contributed by atoms with Crippen molar-refractivity contribution in [2.24, 2.45) is 0 Å². The zero-order valence-electron chi connectivity index (χ0n) is 14.4. The number of benzene rings is 2. The number of nitrogens with zero attached hydrogens (tertiary/aromatic N) is 1. The summed E-state index contributed by atoms with van der Waals surface area (Å²) in [6.07, 6.45) is -0.555. The SMILES string of the molecule is COCCN1C(=O)c2ccccc2NC1c1cc2ccccc2[nH]c1=O. The van der Waals surface area contributed by atoms with Gasteiger partial charge in [-0.2, -0.15) is 0 Å². The first kappa shape index (κ1) is 16.4. The third-order valence-corrected chi connectivity index (χ3v) is 4.64. The van der Waals surface area contributed by atoms with E-state index in [4.69, 9.17) is 4.74 Å². The maximum Gasteiger partial charge on any atom is 0.257 e. The molecule has 0 saturated heterocycles. The first-order valence-corrected chi connectivity index (χ1v) is 8.46. The molecule has 132 valence electrons. The van der Waals surface area contributed by atoms with E-state index in [0.29, 0.717) is 24.3 Å². The quantitative estimate of drug-likeness (QED) is 0.759. The van der Waals surface area contributed by atoms with Gasteiger partial charge in [-0.15, -0.1) is 0 Å². The van der Waals surface area contributed by atoms with Gasteiger partial charge in [0.2, 0.25) is 0 Å². The molecule has 1 aliphatic rings. The van der Waals surface area contributed by atoms with Crippen LogP contribution in [0.4, 0.5) is 5.69 Å². The van der Waals surface area contributed by atoms with Crippen molar-refractivity contribution in [1.82, 2.24) is 9.88 Å². The highest BCUT2D eigenvalue weighted by molar-refractivity contribution is 6.01. The molecule has 4 rings (SSSR count). The summed E-state index contributed by atoms with van der Waals surface area (Å²) >= 11 is 0. The zero-order valence-corrected chi connectivity index (χ0v) is 14.4. The average Bonchev–Trinajstić information content (AvgIpc) is 2.67. The Morgan fingerprint density at radius 2 is 1.85 bits per heavy atom. The molecule has 1 aromatic heterocycles. The predicted molar refractivity (Wildman–Crippen MR) is 100 cm³/mol. The van der Waals surface area contributed by atoms with Gasteiger partial charge in [-0.25, -0.2) is 0 Å². The number of amides is 1. The Labute approximate surface area is 150 Å². The summed E-state index contributed by atoms with van der Waals surface area (Å²) < 4.78 is 5.16. The molecular weight excluding hydrogens is 330 g/mol. The molecule has 1 aliphatic heterocycles. The third-order valence-electron chi connectivity index (χ3n) is 4.64. The first-order valence-electron chi connectivity index (χ1n) is 8.46. The lowest BCUT2D eigenvalue weighted by molar-refractivity contribution is 0.0608. The number of fused-ring (bicyclic) bond motifs is 2. The molecule has 1 amide bonds. The molecule has 6 heteroatoms. The van der Waals surface area contributed by atoms with E-state index in [1.54, 1.807) is 18.1 Å². The number of rotatable bonds is 4. The van der Waals surface area contributed by atoms with Crippen LogP contribution in [-0.2, 0) is 4.74 Å². The van der Waals surface area contributed by atoms with Gasteiger partial charge in [-0.3, -0.25) is 9.59 Å². The Morgan fingerprint density at radius 3 is 2.69 bits per heavy atom. The van der Waals surface area contributed by atoms with Crippen molar-refractivity contribution in [1.29, 1.82) is 0 Å². The number of carbonyl (C=O) groups excluding carboxylic acids is 1. The van der Waals surface area contributed by atoms with Crippen LogP contribution in [0, 0.1) is 0 Å². The van der Waals surface area contributed by atoms with Crippen LogP contribution in [0.15, 0.2) is 59.4 Å². The molecule has 3 aromatic rings. The van der Waals surface area contributed by atoms with Crippen molar-refractivity contribution in [3.05, 3.63) is 76.1 Å². The van der Waals surface area contributed by atoms with E-state index in [1.165, 1.54) is 0 Å². The molecule has 2 heterocycles. The highest BCUT2D eigenvalue weighted by Gasteiger charge is 2.33. The maximum atomic E-state index is 13.0. The lowest BCUT2D eigenvalue weighted by Gasteiger charge is -2.37. The molecule has 6 nitrogen and oxygen atoms in total. The lowest BCUT2D eigenvalue weighted by Crippen LogP contribution is -2.46. The summed E-state index contributed by atoms with van der Waals surface area (Å²) in [5, 5.41) is 4.26. The molecule has 0 aliphatic carbocycles. The van der Waals surface area contributed by atoms with Crippen LogP contribution in [-0.4, -0.2) is 36.1 Å². The number of ether oxygens (including phenoxy) is 1. The van der Waals surface area contributed by atoms with Crippen molar-refractivity contribution in [2.75, 3.05) is 25.6 Å². The number of H-pyrrole nitrogens is 1. The smallest absolute Gasteiger partial charge is 0.257 e. The summed E-state index contributed by atoms with van der Waals surface area (Å²) in [6, 6.07) is 16.8. The third kappa shape index (κ3) is 2.74. The Hall–Kier alpha value is -3.12. The van der Waals surface area contributed by atoms with Crippen molar-refractivity contribution in [2.45, 2.75) is 6.17 Å². The molecule has 1 atom stereocenters. The van der Waals surface area contributed by atoms with Gasteiger partial charge in [0, 0.05) is 24.9 Å². The number of hydrogen-bond acceptors (Lipinski definition) is 4. The lowest BCUT2D eigenvalue weighted by atomic mass is 10.0. The van der Waals surface area contributed by atoms with Gasteiger partial charge in [0.05, 0.1) is 17.7 Å². The van der Waals surface area contributed by atoms with Gasteiger partial charge in [0.15, 0.2) is 0 Å². The van der Waals surface area contributed by atoms with Crippen molar-refractivity contribution < 1.29 is 9.53 Å². The molecule has 0 fully saturated rings. The zero-order chi connectivity index (χ0) is 18.1. The minimum atomic E-state index is -0.555. The van der Waals surface area contributed by atoms with Gasteiger partial charge in [0.1, 0.15) is 6.17 Å². The van der Waals surface area contributed by atoms with E-state index in [1.807, 2.05) is 48.5 Å². The van der Waals surface area contributed by atoms with Crippen LogP contribution >= 0.6 is 0 Å². The summed E-state index contributed by atoms with van der Waals surface area (Å²) in [5.74, 6) is -0.117. The van der Waals surface area contributed by atoms with E-state index in [2.05, 4.69) is 10.3 Å². The van der Waals surface area contributed by atoms with Crippen molar-refractivity contribution in [3.8, 4) is 0 Å². The van der Waals surface area contributed by atoms with Crippen LogP contribution in [0.2, 0.25) is 0 Å². The first-order chi connectivity index (χ1) is 12.7. The number of anilines is 1. The normalized spacial score (nSPS) is 16.4. The molecular formula is C20H19N3O3. The number of nitrogens with one attached hydrogen (secondary N) is 2. The summed E-state index contributed by atoms with van der Waals surface area (Å²) in [6.45, 7) is 0.769. The Morgan fingerprint density at radius 1 is 1.08 bits per heavy atom. The topological polar surface area (TPSA) is 74.4 Å². The van der Waals surface area contributed by atoms with E-state index < -0.39 is 6.17 Å². The molecule has 0 bridgehead atoms. The number of para-hydroxylation sites is 2. The van der Waals surface area contributed by atoms with E-state index >= 15 is 0 Å². The molecule has 26 heavy (non-hydrogen) atoms. The second-order valence-corrected chi connectivity index (χ2v) is 6.22. The van der Waals surface area contributed by atoms with Crippen LogP contribution in [0.5, 0.6) is 0 Å². The highest BCUT2D eigenvalue weighted by atomic mass is 16.5. The molecule has 0 saturated carbocycles. The molecule has 0 spiro atoms. The largest absolute Gasteiger partial charge is 0.383 e. The number of aromatic nitrogens is 1. The minimum absolute atomic E-state index is 0.117. The average molecular weight is 349 g/mol. The van der Waals surface area contributed by atoms with Crippen LogP contribution in [0.3, 0.4) is 0 Å². The van der Waals surface area contributed by atoms with Gasteiger partial charge in [-0.1, -0.05) is 30.3 Å². The van der Waals surface area contributed by atoms with Crippen molar-refractivity contribution in [3.63, 3.8) is 0 Å². The standard InChI is InChI=1S/C20H19N3O3/c1-26-11-10-23-18(21-17-9-5-3-7-14(17)20(23)25)15-12-13-6-2-4-8-16(13)22-19(15)24/h2-9,12,18,21H,10-11H2,1H3,(H,22,24). The fourth-order valence-electron chi connectivity index (χ4n) is 3.33. The number of hydrogen-bond donors (Lipinski definition) is 2. The number of aromatic amines is 1. The predicted octanol–water partition coefficient (Wildman–Crippen LogP) is 2.74. The molecule has 0 radical (unpaired) electrons. The summed E-state index contributed by atoms with van der Waals surface area (Å²) in [4.78, 5) is 30.3. The Balaban J connectivity index is 1.84. The van der Waals surface area contributed by atoms with E-state index in [0.717, 1.165) is 16.6 Å². The number of pyridine rings is 1. The Bertz CT molecular complexity index is 1030. The summed E-state index contributed by atoms with van der Waals surface area (Å²) in [5.41, 5.74) is 2.38. The van der Waals surface area contributed by atoms with Gasteiger partial charge < -0.3 is 19.9 Å². The minimum Gasteiger partial charge on any atom is -0.383 e. The maximum absolute atomic E-state index is 13.0. The molecule has 2 N–H and O–H groups in total. The second kappa shape index (κ2) is 6.65. The van der Waals surface area contributed by atoms with E-state index in [-0.39, 0.29) is 11.5 Å². The second-order valence-electron chi connectivity index (χ2n) is 6.22. The molecule has 2 aromatic carbocycles. The fraction of sp³-hybridized carbons (Fsp3) is 0.200. The molecule has 1 unspecified atom stereocenters. The van der Waals surface area contributed by atoms with Crippen LogP contribution in [0.25, 0.3) is 10.9 Å². The highest BCUT2D eigenvalue weighted by Crippen LogP contribution is 2.32.